The summed E-state index contributed by atoms with van der Waals surface area (Å²) in [6.45, 7) is 7.03. The average molecular weight is 432 g/mol. The molecule has 0 radical (unpaired) electrons. The number of rotatable bonds is 11. The predicted molar refractivity (Wildman–Crippen MR) is 124 cm³/mol. The zero-order valence-corrected chi connectivity index (χ0v) is 19.4. The maximum Gasteiger partial charge on any atom is 0.0867 e. The second kappa shape index (κ2) is 11.1. The Balaban J connectivity index is 2.43. The van der Waals surface area contributed by atoms with Crippen LogP contribution in [0.25, 0.3) is 11.1 Å². The third-order valence-corrected chi connectivity index (χ3v) is 11.6. The zero-order valence-electron chi connectivity index (χ0n) is 16.9. The van der Waals surface area contributed by atoms with Gasteiger partial charge in [0.15, 0.2) is 0 Å². The number of hydrogen-bond donors (Lipinski definition) is 0. The lowest BCUT2D eigenvalue weighted by molar-refractivity contribution is 0.800. The van der Waals surface area contributed by atoms with E-state index < -0.39 is 8.07 Å². The molecule has 0 unspecified atom stereocenters. The fourth-order valence-electron chi connectivity index (χ4n) is 4.05. The van der Waals surface area contributed by atoms with Gasteiger partial charge in [-0.05, 0) is 23.3 Å². The quantitative estimate of drug-likeness (QED) is 0.315. The molecule has 0 saturated carbocycles. The highest BCUT2D eigenvalue weighted by Crippen LogP contribution is 2.30. The molecule has 2 heteroatoms. The van der Waals surface area contributed by atoms with Crippen LogP contribution in [0.1, 0.15) is 59.3 Å². The van der Waals surface area contributed by atoms with Gasteiger partial charge in [-0.25, -0.2) is 0 Å². The highest BCUT2D eigenvalue weighted by atomic mass is 79.9. The van der Waals surface area contributed by atoms with Crippen molar-refractivity contribution in [1.29, 1.82) is 0 Å². The summed E-state index contributed by atoms with van der Waals surface area (Å²) in [6, 6.07) is 22.7. The van der Waals surface area contributed by atoms with Crippen molar-refractivity contribution >= 4 is 29.2 Å². The molecule has 0 nitrogen and oxygen atoms in total. The Morgan fingerprint density at radius 1 is 0.692 bits per heavy atom. The van der Waals surface area contributed by atoms with Crippen LogP contribution in [-0.4, -0.2) is 8.07 Å². The minimum atomic E-state index is -1.42. The van der Waals surface area contributed by atoms with E-state index in [1.54, 1.807) is 5.19 Å². The van der Waals surface area contributed by atoms with E-state index in [-0.39, 0.29) is 0 Å². The van der Waals surface area contributed by atoms with Gasteiger partial charge in [-0.1, -0.05) is 135 Å². The minimum absolute atomic E-state index is 1.16. The van der Waals surface area contributed by atoms with Crippen molar-refractivity contribution in [3.05, 3.63) is 53.0 Å². The van der Waals surface area contributed by atoms with Crippen LogP contribution in [0.5, 0.6) is 0 Å². The molecule has 0 N–H and O–H groups in total. The molecule has 0 saturated heterocycles. The summed E-state index contributed by atoms with van der Waals surface area (Å²) in [6.07, 6.45) is 8.12. The van der Waals surface area contributed by atoms with Crippen molar-refractivity contribution in [3.63, 3.8) is 0 Å². The summed E-state index contributed by atoms with van der Waals surface area (Å²) in [4.78, 5) is 0. The Bertz CT molecular complexity index is 643. The van der Waals surface area contributed by atoms with E-state index in [0.717, 1.165) is 4.47 Å². The fraction of sp³-hybridized carbons (Fsp3) is 0.500. The van der Waals surface area contributed by atoms with E-state index in [0.29, 0.717) is 0 Å². The van der Waals surface area contributed by atoms with Gasteiger partial charge in [0.25, 0.3) is 0 Å². The number of hydrogen-bond acceptors (Lipinski definition) is 0. The number of unbranched alkanes of at least 4 members (excludes halogenated alkanes) is 3. The lowest BCUT2D eigenvalue weighted by Crippen LogP contribution is -2.47. The standard InChI is InChI=1S/C24H35BrSi/c1-4-7-16-26(17-8-5-2,18-9-6-3)24-15-11-13-22(20-24)21-12-10-14-23(25)19-21/h10-15,19-20H,4-9,16-18H2,1-3H3. The van der Waals surface area contributed by atoms with E-state index in [4.69, 9.17) is 0 Å². The molecule has 0 amide bonds. The van der Waals surface area contributed by atoms with Gasteiger partial charge < -0.3 is 0 Å². The van der Waals surface area contributed by atoms with Gasteiger partial charge in [0.05, 0.1) is 8.07 Å². The van der Waals surface area contributed by atoms with Gasteiger partial charge in [-0.3, -0.25) is 0 Å². The topological polar surface area (TPSA) is 0 Å². The summed E-state index contributed by atoms with van der Waals surface area (Å²) in [5.74, 6) is 0. The second-order valence-corrected chi connectivity index (χ2v) is 13.2. The van der Waals surface area contributed by atoms with E-state index in [9.17, 15) is 0 Å². The molecule has 26 heavy (non-hydrogen) atoms. The normalized spacial score (nSPS) is 11.7. The molecule has 2 aromatic carbocycles. The van der Waals surface area contributed by atoms with Crippen LogP contribution in [0.15, 0.2) is 53.0 Å². The Morgan fingerprint density at radius 3 is 1.69 bits per heavy atom. The maximum atomic E-state index is 3.63. The van der Waals surface area contributed by atoms with Gasteiger partial charge in [-0.2, -0.15) is 0 Å². The predicted octanol–water partition coefficient (Wildman–Crippen LogP) is 8.17. The summed E-state index contributed by atoms with van der Waals surface area (Å²) in [7, 11) is -1.42. The SMILES string of the molecule is CCCC[Si](CCCC)(CCCC)c1cccc(-c2cccc(Br)c2)c1. The van der Waals surface area contributed by atoms with Crippen molar-refractivity contribution in [2.45, 2.75) is 77.4 Å². The number of benzene rings is 2. The maximum absolute atomic E-state index is 3.63. The van der Waals surface area contributed by atoms with Gasteiger partial charge in [0.1, 0.15) is 0 Å². The lowest BCUT2D eigenvalue weighted by Gasteiger charge is -2.33. The Morgan fingerprint density at radius 2 is 1.19 bits per heavy atom. The van der Waals surface area contributed by atoms with Gasteiger partial charge in [0.2, 0.25) is 0 Å². The van der Waals surface area contributed by atoms with Crippen molar-refractivity contribution in [1.82, 2.24) is 0 Å². The molecule has 0 fully saturated rings. The first-order valence-corrected chi connectivity index (χ1v) is 13.9. The van der Waals surface area contributed by atoms with E-state index in [1.807, 2.05) is 0 Å². The van der Waals surface area contributed by atoms with Gasteiger partial charge in [-0.15, -0.1) is 0 Å². The molecule has 0 heterocycles. The van der Waals surface area contributed by atoms with Crippen LogP contribution < -0.4 is 5.19 Å². The largest absolute Gasteiger partial charge is 0.0867 e. The van der Waals surface area contributed by atoms with Crippen LogP contribution in [0.4, 0.5) is 0 Å². The van der Waals surface area contributed by atoms with E-state index >= 15 is 0 Å². The van der Waals surface area contributed by atoms with Crippen molar-refractivity contribution in [2.75, 3.05) is 0 Å². The van der Waals surface area contributed by atoms with Crippen molar-refractivity contribution < 1.29 is 0 Å². The highest BCUT2D eigenvalue weighted by molar-refractivity contribution is 9.10. The van der Waals surface area contributed by atoms with Crippen molar-refractivity contribution in [2.24, 2.45) is 0 Å². The summed E-state index contributed by atoms with van der Waals surface area (Å²) in [5, 5.41) is 1.70. The molecule has 0 aliphatic heterocycles. The molecule has 0 aromatic heterocycles. The van der Waals surface area contributed by atoms with Crippen molar-refractivity contribution in [3.8, 4) is 11.1 Å². The first kappa shape index (κ1) is 21.4. The zero-order chi connectivity index (χ0) is 18.8. The Kier molecular flexibility index (Phi) is 9.14. The summed E-state index contributed by atoms with van der Waals surface area (Å²) in [5.41, 5.74) is 2.70. The van der Waals surface area contributed by atoms with Crippen LogP contribution in [0.3, 0.4) is 0 Å². The molecule has 0 aliphatic rings. The first-order chi connectivity index (χ1) is 12.6. The van der Waals surface area contributed by atoms with E-state index in [2.05, 4.69) is 85.2 Å². The fourth-order valence-corrected chi connectivity index (χ4v) is 10.1. The molecule has 2 aromatic rings. The summed E-state index contributed by atoms with van der Waals surface area (Å²) < 4.78 is 1.16. The van der Waals surface area contributed by atoms with E-state index in [1.165, 1.54) is 67.8 Å². The van der Waals surface area contributed by atoms with Gasteiger partial charge in [0, 0.05) is 4.47 Å². The minimum Gasteiger partial charge on any atom is -0.0654 e. The molecule has 0 aliphatic carbocycles. The van der Waals surface area contributed by atoms with Crippen LogP contribution in [0.2, 0.25) is 18.1 Å². The molecule has 0 atom stereocenters. The smallest absolute Gasteiger partial charge is 0.0654 e. The molecule has 0 spiro atoms. The summed E-state index contributed by atoms with van der Waals surface area (Å²) >= 11 is 3.63. The monoisotopic (exact) mass is 430 g/mol. The molecular weight excluding hydrogens is 396 g/mol. The molecule has 142 valence electrons. The number of halogens is 1. The Hall–Kier alpha value is -0.863. The highest BCUT2D eigenvalue weighted by Gasteiger charge is 2.33. The lowest BCUT2D eigenvalue weighted by atomic mass is 10.1. The van der Waals surface area contributed by atoms with Crippen LogP contribution in [0, 0.1) is 0 Å². The Labute approximate surface area is 170 Å². The first-order valence-electron chi connectivity index (χ1n) is 10.5. The second-order valence-electron chi connectivity index (χ2n) is 7.68. The average Bonchev–Trinajstić information content (AvgIpc) is 2.68. The molecule has 0 bridgehead atoms. The third kappa shape index (κ3) is 5.82. The molecular formula is C24H35BrSi. The van der Waals surface area contributed by atoms with Crippen LogP contribution >= 0.6 is 15.9 Å². The van der Waals surface area contributed by atoms with Crippen LogP contribution in [-0.2, 0) is 0 Å². The van der Waals surface area contributed by atoms with Gasteiger partial charge >= 0.3 is 0 Å². The third-order valence-electron chi connectivity index (χ3n) is 5.66. The molecule has 2 rings (SSSR count).